The normalized spacial score (nSPS) is 9.38. The van der Waals surface area contributed by atoms with Crippen LogP contribution in [0.5, 0.6) is 0 Å². The first-order chi connectivity index (χ1) is 6.19. The first-order valence-corrected chi connectivity index (χ1v) is 3.49. The van der Waals surface area contributed by atoms with Gasteiger partial charge in [-0.15, -0.1) is 0 Å². The van der Waals surface area contributed by atoms with E-state index in [1.165, 1.54) is 18.2 Å². The Hall–Kier alpha value is -1.79. The van der Waals surface area contributed by atoms with E-state index in [9.17, 15) is 4.79 Å². The number of hydrazine groups is 2. The Bertz CT molecular complexity index is 326. The molecule has 0 aromatic heterocycles. The Morgan fingerprint density at radius 3 is 2.31 bits per heavy atom. The van der Waals surface area contributed by atoms with E-state index in [0.717, 1.165) is 0 Å². The molecule has 0 radical (unpaired) electrons. The monoisotopic (exact) mass is 182 g/mol. The van der Waals surface area contributed by atoms with E-state index in [2.05, 4.69) is 10.9 Å². The first-order valence-electron chi connectivity index (χ1n) is 3.49. The number of carbonyl (C=O) groups is 1. The van der Waals surface area contributed by atoms with Gasteiger partial charge in [-0.05, 0) is 18.2 Å². The Balaban J connectivity index is 3.13. The number of anilines is 2. The van der Waals surface area contributed by atoms with Crippen molar-refractivity contribution in [2.45, 2.75) is 0 Å². The second kappa shape index (κ2) is 3.74. The fraction of sp³-hybridized carbons (Fsp3) is 0. The summed E-state index contributed by atoms with van der Waals surface area (Å²) in [6, 6.07) is 4.34. The topological polar surface area (TPSA) is 113 Å². The Morgan fingerprint density at radius 2 is 1.85 bits per heavy atom. The lowest BCUT2D eigenvalue weighted by atomic mass is 10.2. The summed E-state index contributed by atoms with van der Waals surface area (Å²) in [5, 5.41) is 8.65. The van der Waals surface area contributed by atoms with Gasteiger partial charge in [0.15, 0.2) is 0 Å². The number of rotatable bonds is 3. The van der Waals surface area contributed by atoms with Gasteiger partial charge in [0.05, 0.1) is 16.9 Å². The molecular weight excluding hydrogens is 172 g/mol. The zero-order valence-electron chi connectivity index (χ0n) is 6.74. The molecule has 0 spiro atoms. The number of hydrogen-bond donors (Lipinski definition) is 5. The molecule has 1 rings (SSSR count). The quantitative estimate of drug-likeness (QED) is 0.331. The zero-order valence-corrected chi connectivity index (χ0v) is 6.74. The third-order valence-corrected chi connectivity index (χ3v) is 1.58. The average molecular weight is 182 g/mol. The maximum absolute atomic E-state index is 10.5. The number of carboxylic acids is 1. The summed E-state index contributed by atoms with van der Waals surface area (Å²) >= 11 is 0. The van der Waals surface area contributed by atoms with E-state index in [-0.39, 0.29) is 5.56 Å². The van der Waals surface area contributed by atoms with E-state index < -0.39 is 5.97 Å². The van der Waals surface area contributed by atoms with Crippen molar-refractivity contribution in [3.63, 3.8) is 0 Å². The van der Waals surface area contributed by atoms with Gasteiger partial charge in [-0.1, -0.05) is 0 Å². The Labute approximate surface area is 74.5 Å². The van der Waals surface area contributed by atoms with Crippen molar-refractivity contribution in [3.05, 3.63) is 23.8 Å². The van der Waals surface area contributed by atoms with Crippen LogP contribution in [0, 0.1) is 0 Å². The number of nitrogen functional groups attached to an aromatic ring is 2. The molecule has 1 aromatic rings. The molecule has 0 fully saturated rings. The van der Waals surface area contributed by atoms with Crippen molar-refractivity contribution in [1.82, 2.24) is 0 Å². The van der Waals surface area contributed by atoms with Gasteiger partial charge in [0.1, 0.15) is 0 Å². The van der Waals surface area contributed by atoms with Gasteiger partial charge in [0, 0.05) is 0 Å². The molecule has 0 aliphatic carbocycles. The highest BCUT2D eigenvalue weighted by atomic mass is 16.4. The van der Waals surface area contributed by atoms with Gasteiger partial charge in [-0.2, -0.15) is 0 Å². The van der Waals surface area contributed by atoms with E-state index in [1.807, 2.05) is 0 Å². The van der Waals surface area contributed by atoms with Gasteiger partial charge < -0.3 is 16.0 Å². The van der Waals surface area contributed by atoms with Gasteiger partial charge >= 0.3 is 5.97 Å². The van der Waals surface area contributed by atoms with E-state index in [1.54, 1.807) is 0 Å². The summed E-state index contributed by atoms with van der Waals surface area (Å²) < 4.78 is 0. The third kappa shape index (κ3) is 1.86. The van der Waals surface area contributed by atoms with Crippen LogP contribution in [0.25, 0.3) is 0 Å². The SMILES string of the molecule is NNc1ccc(C(=O)O)cc1NN. The molecule has 70 valence electrons. The minimum atomic E-state index is -1.01. The van der Waals surface area contributed by atoms with Gasteiger partial charge in [0.2, 0.25) is 0 Å². The maximum atomic E-state index is 10.5. The number of benzene rings is 1. The molecule has 7 N–H and O–H groups in total. The number of aromatic carboxylic acids is 1. The second-order valence-corrected chi connectivity index (χ2v) is 2.35. The lowest BCUT2D eigenvalue weighted by molar-refractivity contribution is 0.0697. The molecule has 0 aliphatic heterocycles. The molecule has 0 heterocycles. The van der Waals surface area contributed by atoms with E-state index in [0.29, 0.717) is 11.4 Å². The minimum Gasteiger partial charge on any atom is -0.478 e. The van der Waals surface area contributed by atoms with Crippen molar-refractivity contribution < 1.29 is 9.90 Å². The van der Waals surface area contributed by atoms with Crippen molar-refractivity contribution in [1.29, 1.82) is 0 Å². The highest BCUT2D eigenvalue weighted by Gasteiger charge is 2.06. The van der Waals surface area contributed by atoms with E-state index >= 15 is 0 Å². The number of nitrogens with two attached hydrogens (primary N) is 2. The summed E-state index contributed by atoms with van der Waals surface area (Å²) in [6.07, 6.45) is 0. The predicted octanol–water partition coefficient (Wildman–Crippen LogP) is -0.0440. The third-order valence-electron chi connectivity index (χ3n) is 1.58. The Kier molecular flexibility index (Phi) is 2.68. The average Bonchev–Trinajstić information content (AvgIpc) is 2.16. The number of carboxylic acid groups (broad SMARTS) is 1. The molecule has 0 bridgehead atoms. The van der Waals surface area contributed by atoms with Crippen LogP contribution in [-0.2, 0) is 0 Å². The van der Waals surface area contributed by atoms with Crippen molar-refractivity contribution in [2.24, 2.45) is 11.7 Å². The lowest BCUT2D eigenvalue weighted by Gasteiger charge is -2.08. The molecule has 0 amide bonds. The summed E-state index contributed by atoms with van der Waals surface area (Å²) in [7, 11) is 0. The molecule has 1 aromatic carbocycles. The van der Waals surface area contributed by atoms with Gasteiger partial charge in [-0.3, -0.25) is 11.7 Å². The van der Waals surface area contributed by atoms with Gasteiger partial charge in [0.25, 0.3) is 0 Å². The number of nitrogens with one attached hydrogen (secondary N) is 2. The van der Waals surface area contributed by atoms with Crippen LogP contribution in [0.3, 0.4) is 0 Å². The van der Waals surface area contributed by atoms with Crippen molar-refractivity contribution in [3.8, 4) is 0 Å². The summed E-state index contributed by atoms with van der Waals surface area (Å²) in [5.74, 6) is 9.30. The molecule has 0 aliphatic rings. The van der Waals surface area contributed by atoms with E-state index in [4.69, 9.17) is 16.8 Å². The molecule has 0 atom stereocenters. The number of hydrogen-bond acceptors (Lipinski definition) is 5. The van der Waals surface area contributed by atoms with Crippen LogP contribution in [0.1, 0.15) is 10.4 Å². The van der Waals surface area contributed by atoms with Crippen molar-refractivity contribution in [2.75, 3.05) is 10.9 Å². The van der Waals surface area contributed by atoms with Crippen LogP contribution in [-0.4, -0.2) is 11.1 Å². The predicted molar refractivity (Wildman–Crippen MR) is 49.0 cm³/mol. The minimum absolute atomic E-state index is 0.145. The Morgan fingerprint density at radius 1 is 1.23 bits per heavy atom. The van der Waals surface area contributed by atoms with Crippen molar-refractivity contribution >= 4 is 17.3 Å². The molecule has 6 heteroatoms. The van der Waals surface area contributed by atoms with Crippen LogP contribution < -0.4 is 22.5 Å². The highest BCUT2D eigenvalue weighted by Crippen LogP contribution is 2.20. The van der Waals surface area contributed by atoms with Gasteiger partial charge in [-0.25, -0.2) is 4.79 Å². The van der Waals surface area contributed by atoms with Crippen LogP contribution in [0.2, 0.25) is 0 Å². The molecular formula is C7H10N4O2. The largest absolute Gasteiger partial charge is 0.478 e. The lowest BCUT2D eigenvalue weighted by Crippen LogP contribution is -2.14. The molecule has 0 saturated carbocycles. The molecule has 0 unspecified atom stereocenters. The van der Waals surface area contributed by atoms with Crippen LogP contribution in [0.4, 0.5) is 11.4 Å². The van der Waals surface area contributed by atoms with Crippen LogP contribution >= 0.6 is 0 Å². The fourth-order valence-corrected chi connectivity index (χ4v) is 0.923. The zero-order chi connectivity index (χ0) is 9.84. The first kappa shape index (κ1) is 9.30. The summed E-state index contributed by atoms with van der Waals surface area (Å²) in [5.41, 5.74) is 5.83. The highest BCUT2D eigenvalue weighted by molar-refractivity contribution is 5.90. The smallest absolute Gasteiger partial charge is 0.335 e. The molecule has 0 saturated heterocycles. The maximum Gasteiger partial charge on any atom is 0.335 e. The summed E-state index contributed by atoms with van der Waals surface area (Å²) in [4.78, 5) is 10.5. The fourth-order valence-electron chi connectivity index (χ4n) is 0.923. The standard InChI is InChI=1S/C7H10N4O2/c8-10-5-2-1-4(7(12)13)3-6(5)11-9/h1-3,10-11H,8-9H2,(H,12,13). The summed E-state index contributed by atoms with van der Waals surface area (Å²) in [6.45, 7) is 0. The van der Waals surface area contributed by atoms with Crippen LogP contribution in [0.15, 0.2) is 18.2 Å². The molecule has 6 nitrogen and oxygen atoms in total. The second-order valence-electron chi connectivity index (χ2n) is 2.35. The molecule has 13 heavy (non-hydrogen) atoms.